The van der Waals surface area contributed by atoms with Gasteiger partial charge in [-0.15, -0.1) is 0 Å². The SMILES string of the molecule is CC(N)CCC(=O)Cc1ccn(C(C)C)n1. The second kappa shape index (κ2) is 5.80. The third-order valence-corrected chi connectivity index (χ3v) is 2.45. The summed E-state index contributed by atoms with van der Waals surface area (Å²) in [5, 5.41) is 4.34. The van der Waals surface area contributed by atoms with Gasteiger partial charge in [0.05, 0.1) is 12.1 Å². The summed E-state index contributed by atoms with van der Waals surface area (Å²) in [5.41, 5.74) is 6.46. The van der Waals surface area contributed by atoms with Crippen molar-refractivity contribution in [2.75, 3.05) is 0 Å². The van der Waals surface area contributed by atoms with Gasteiger partial charge >= 0.3 is 0 Å². The van der Waals surface area contributed by atoms with Crippen LogP contribution in [-0.2, 0) is 11.2 Å². The van der Waals surface area contributed by atoms with Crippen molar-refractivity contribution in [2.45, 2.75) is 52.1 Å². The minimum absolute atomic E-state index is 0.0946. The molecule has 0 bridgehead atoms. The van der Waals surface area contributed by atoms with Crippen molar-refractivity contribution in [2.24, 2.45) is 5.73 Å². The summed E-state index contributed by atoms with van der Waals surface area (Å²) in [4.78, 5) is 11.6. The average Bonchev–Trinajstić information content (AvgIpc) is 2.63. The molecule has 0 aliphatic carbocycles. The van der Waals surface area contributed by atoms with Crippen LogP contribution in [0.25, 0.3) is 0 Å². The van der Waals surface area contributed by atoms with E-state index in [9.17, 15) is 4.79 Å². The average molecular weight is 223 g/mol. The van der Waals surface area contributed by atoms with Crippen molar-refractivity contribution in [1.82, 2.24) is 9.78 Å². The van der Waals surface area contributed by atoms with Crippen LogP contribution in [0.3, 0.4) is 0 Å². The van der Waals surface area contributed by atoms with E-state index in [1.54, 1.807) is 0 Å². The molecule has 1 unspecified atom stereocenters. The fourth-order valence-electron chi connectivity index (χ4n) is 1.44. The Bertz CT molecular complexity index is 342. The highest BCUT2D eigenvalue weighted by Crippen LogP contribution is 2.06. The molecule has 1 aromatic rings. The highest BCUT2D eigenvalue weighted by atomic mass is 16.1. The van der Waals surface area contributed by atoms with E-state index in [0.717, 1.165) is 12.1 Å². The van der Waals surface area contributed by atoms with E-state index in [0.29, 0.717) is 18.9 Å². The molecular formula is C12H21N3O. The van der Waals surface area contributed by atoms with Crippen LogP contribution < -0.4 is 5.73 Å². The zero-order valence-corrected chi connectivity index (χ0v) is 10.3. The van der Waals surface area contributed by atoms with Crippen molar-refractivity contribution in [3.05, 3.63) is 18.0 Å². The molecule has 0 fully saturated rings. The normalized spacial score (nSPS) is 13.1. The Morgan fingerprint density at radius 3 is 2.69 bits per heavy atom. The van der Waals surface area contributed by atoms with Crippen LogP contribution in [0, 0.1) is 0 Å². The maximum absolute atomic E-state index is 11.6. The van der Waals surface area contributed by atoms with Crippen LogP contribution in [0.15, 0.2) is 12.3 Å². The quantitative estimate of drug-likeness (QED) is 0.798. The van der Waals surface area contributed by atoms with Gasteiger partial charge in [0, 0.05) is 24.7 Å². The molecule has 0 aromatic carbocycles. The van der Waals surface area contributed by atoms with E-state index in [2.05, 4.69) is 18.9 Å². The van der Waals surface area contributed by atoms with Crippen molar-refractivity contribution in [1.29, 1.82) is 0 Å². The summed E-state index contributed by atoms with van der Waals surface area (Å²) in [6, 6.07) is 2.34. The van der Waals surface area contributed by atoms with Gasteiger partial charge in [-0.05, 0) is 33.3 Å². The number of Topliss-reactive ketones (excluding diaryl/α,β-unsaturated/α-hetero) is 1. The summed E-state index contributed by atoms with van der Waals surface area (Å²) >= 11 is 0. The Morgan fingerprint density at radius 1 is 1.50 bits per heavy atom. The predicted octanol–water partition coefficient (Wildman–Crippen LogP) is 1.70. The fourth-order valence-corrected chi connectivity index (χ4v) is 1.44. The Balaban J connectivity index is 2.43. The number of hydrogen-bond acceptors (Lipinski definition) is 3. The van der Waals surface area contributed by atoms with Crippen molar-refractivity contribution in [3.8, 4) is 0 Å². The third kappa shape index (κ3) is 4.14. The summed E-state index contributed by atoms with van der Waals surface area (Å²) in [7, 11) is 0. The largest absolute Gasteiger partial charge is 0.328 e. The molecule has 1 rings (SSSR count). The van der Waals surface area contributed by atoms with Crippen molar-refractivity contribution >= 4 is 5.78 Å². The van der Waals surface area contributed by atoms with E-state index in [1.807, 2.05) is 23.9 Å². The first-order valence-corrected chi connectivity index (χ1v) is 5.80. The lowest BCUT2D eigenvalue weighted by Crippen LogP contribution is -2.17. The van der Waals surface area contributed by atoms with E-state index in [4.69, 9.17) is 5.73 Å². The second-order valence-electron chi connectivity index (χ2n) is 4.61. The predicted molar refractivity (Wildman–Crippen MR) is 64.2 cm³/mol. The fraction of sp³-hybridized carbons (Fsp3) is 0.667. The number of carbonyl (C=O) groups is 1. The van der Waals surface area contributed by atoms with Gasteiger partial charge in [0.1, 0.15) is 5.78 Å². The molecule has 0 amide bonds. The van der Waals surface area contributed by atoms with Crippen molar-refractivity contribution in [3.63, 3.8) is 0 Å². The maximum Gasteiger partial charge on any atom is 0.138 e. The zero-order valence-electron chi connectivity index (χ0n) is 10.3. The second-order valence-corrected chi connectivity index (χ2v) is 4.61. The monoisotopic (exact) mass is 223 g/mol. The summed E-state index contributed by atoms with van der Waals surface area (Å²) in [5.74, 6) is 0.214. The molecule has 0 spiro atoms. The highest BCUT2D eigenvalue weighted by Gasteiger charge is 2.08. The number of rotatable bonds is 6. The van der Waals surface area contributed by atoms with Crippen LogP contribution in [0.5, 0.6) is 0 Å². The molecule has 1 heterocycles. The van der Waals surface area contributed by atoms with Gasteiger partial charge in [0.25, 0.3) is 0 Å². The molecule has 4 heteroatoms. The minimum Gasteiger partial charge on any atom is -0.328 e. The topological polar surface area (TPSA) is 60.9 Å². The van der Waals surface area contributed by atoms with Gasteiger partial charge in [-0.1, -0.05) is 0 Å². The lowest BCUT2D eigenvalue weighted by atomic mass is 10.1. The molecule has 0 aliphatic heterocycles. The van der Waals surface area contributed by atoms with Crippen molar-refractivity contribution < 1.29 is 4.79 Å². The van der Waals surface area contributed by atoms with Crippen LogP contribution in [0.2, 0.25) is 0 Å². The number of nitrogens with zero attached hydrogens (tertiary/aromatic N) is 2. The molecular weight excluding hydrogens is 202 g/mol. The molecule has 2 N–H and O–H groups in total. The van der Waals surface area contributed by atoms with E-state index in [1.165, 1.54) is 0 Å². The first-order chi connectivity index (χ1) is 7.49. The molecule has 1 atom stereocenters. The highest BCUT2D eigenvalue weighted by molar-refractivity contribution is 5.80. The molecule has 16 heavy (non-hydrogen) atoms. The lowest BCUT2D eigenvalue weighted by Gasteiger charge is -2.04. The third-order valence-electron chi connectivity index (χ3n) is 2.45. The Labute approximate surface area is 96.8 Å². The zero-order chi connectivity index (χ0) is 12.1. The minimum atomic E-state index is 0.0946. The van der Waals surface area contributed by atoms with E-state index >= 15 is 0 Å². The molecule has 90 valence electrons. The standard InChI is InChI=1S/C12H21N3O/c1-9(2)15-7-6-11(14-15)8-12(16)5-4-10(3)13/h6-7,9-10H,4-5,8,13H2,1-3H3. The van der Waals surface area contributed by atoms with E-state index in [-0.39, 0.29) is 11.8 Å². The summed E-state index contributed by atoms with van der Waals surface area (Å²) in [6.45, 7) is 6.05. The lowest BCUT2D eigenvalue weighted by molar-refractivity contribution is -0.118. The number of aromatic nitrogens is 2. The molecule has 0 aliphatic rings. The van der Waals surface area contributed by atoms with Gasteiger partial charge < -0.3 is 5.73 Å². The van der Waals surface area contributed by atoms with Crippen LogP contribution in [0.4, 0.5) is 0 Å². The van der Waals surface area contributed by atoms with Gasteiger partial charge in [-0.3, -0.25) is 9.48 Å². The van der Waals surface area contributed by atoms with E-state index < -0.39 is 0 Å². The smallest absolute Gasteiger partial charge is 0.138 e. The first-order valence-electron chi connectivity index (χ1n) is 5.80. The number of ketones is 1. The maximum atomic E-state index is 11.6. The Kier molecular flexibility index (Phi) is 4.68. The molecule has 0 radical (unpaired) electrons. The van der Waals surface area contributed by atoms with Crippen LogP contribution in [0.1, 0.15) is 45.3 Å². The Morgan fingerprint density at radius 2 is 2.19 bits per heavy atom. The number of hydrogen-bond donors (Lipinski definition) is 1. The van der Waals surface area contributed by atoms with Gasteiger partial charge in [-0.2, -0.15) is 5.10 Å². The van der Waals surface area contributed by atoms with Gasteiger partial charge in [-0.25, -0.2) is 0 Å². The number of carbonyl (C=O) groups excluding carboxylic acids is 1. The summed E-state index contributed by atoms with van der Waals surface area (Å²) in [6.07, 6.45) is 3.64. The van der Waals surface area contributed by atoms with Gasteiger partial charge in [0.15, 0.2) is 0 Å². The molecule has 0 saturated carbocycles. The van der Waals surface area contributed by atoms with Gasteiger partial charge in [0.2, 0.25) is 0 Å². The molecule has 4 nitrogen and oxygen atoms in total. The summed E-state index contributed by atoms with van der Waals surface area (Å²) < 4.78 is 1.87. The van der Waals surface area contributed by atoms with Crippen LogP contribution >= 0.6 is 0 Å². The molecule has 0 saturated heterocycles. The Hall–Kier alpha value is -1.16. The van der Waals surface area contributed by atoms with Crippen LogP contribution in [-0.4, -0.2) is 21.6 Å². The first kappa shape index (κ1) is 12.9. The molecule has 1 aromatic heterocycles. The number of nitrogens with two attached hydrogens (primary N) is 1.